The van der Waals surface area contributed by atoms with Crippen molar-refractivity contribution in [2.75, 3.05) is 19.3 Å². The molecule has 1 fully saturated rings. The van der Waals surface area contributed by atoms with E-state index in [1.54, 1.807) is 18.8 Å². The first-order chi connectivity index (χ1) is 7.11. The van der Waals surface area contributed by atoms with Gasteiger partial charge in [-0.3, -0.25) is 9.79 Å². The lowest BCUT2D eigenvalue weighted by Gasteiger charge is -2.11. The Morgan fingerprint density at radius 1 is 1.73 bits per heavy atom. The van der Waals surface area contributed by atoms with Gasteiger partial charge in [0.2, 0.25) is 5.91 Å². The van der Waals surface area contributed by atoms with Crippen LogP contribution in [0.3, 0.4) is 0 Å². The van der Waals surface area contributed by atoms with Crippen LogP contribution in [0.5, 0.6) is 0 Å². The van der Waals surface area contributed by atoms with E-state index in [-0.39, 0.29) is 12.5 Å². The van der Waals surface area contributed by atoms with E-state index in [1.807, 2.05) is 0 Å². The highest BCUT2D eigenvalue weighted by Crippen LogP contribution is 2.18. The van der Waals surface area contributed by atoms with Gasteiger partial charge in [-0.2, -0.15) is 0 Å². The second kappa shape index (κ2) is 6.00. The predicted octanol–water partition coefficient (Wildman–Crippen LogP) is 0.839. The van der Waals surface area contributed by atoms with Crippen LogP contribution >= 0.6 is 11.8 Å². The normalized spacial score (nSPS) is 23.2. The minimum atomic E-state index is -0.0443. The third-order valence-corrected chi connectivity index (χ3v) is 3.24. The first-order valence-corrected chi connectivity index (χ1v) is 6.24. The molecule has 1 unspecified atom stereocenters. The number of rotatable bonds is 4. The standard InChI is InChI=1S/C10H19N3OS/c1-7(2)4-8-6-15-10(13-8)12-5-9(14)11-3/h7-8H,4-6H2,1-3H3,(H,11,14)(H,12,13). The largest absolute Gasteiger partial charge is 0.361 e. The Kier molecular flexibility index (Phi) is 4.94. The molecule has 2 N–H and O–H groups in total. The molecule has 1 amide bonds. The number of thioether (sulfide) groups is 1. The molecule has 5 heteroatoms. The number of amidine groups is 1. The number of likely N-dealkylation sites (N-methyl/N-ethyl adjacent to an activating group) is 1. The summed E-state index contributed by atoms with van der Waals surface area (Å²) in [5.41, 5.74) is 0. The first kappa shape index (κ1) is 12.4. The molecule has 1 atom stereocenters. The number of amides is 1. The summed E-state index contributed by atoms with van der Waals surface area (Å²) < 4.78 is 0. The SMILES string of the molecule is CNC(=O)CN=C1NC(CC(C)C)CS1. The zero-order valence-electron chi connectivity index (χ0n) is 9.54. The molecule has 0 aromatic carbocycles. The van der Waals surface area contributed by atoms with E-state index < -0.39 is 0 Å². The first-order valence-electron chi connectivity index (χ1n) is 5.26. The van der Waals surface area contributed by atoms with Crippen LogP contribution in [0.4, 0.5) is 0 Å². The number of hydrogen-bond donors (Lipinski definition) is 2. The zero-order valence-corrected chi connectivity index (χ0v) is 10.4. The van der Waals surface area contributed by atoms with E-state index in [0.717, 1.165) is 17.3 Å². The van der Waals surface area contributed by atoms with Crippen LogP contribution in [0.15, 0.2) is 4.99 Å². The van der Waals surface area contributed by atoms with Crippen molar-refractivity contribution in [1.29, 1.82) is 0 Å². The lowest BCUT2D eigenvalue weighted by molar-refractivity contribution is -0.119. The van der Waals surface area contributed by atoms with Gasteiger partial charge in [-0.05, 0) is 12.3 Å². The van der Waals surface area contributed by atoms with Crippen LogP contribution in [0, 0.1) is 5.92 Å². The van der Waals surface area contributed by atoms with Crippen molar-refractivity contribution >= 4 is 22.8 Å². The van der Waals surface area contributed by atoms with Crippen LogP contribution in [-0.4, -0.2) is 36.5 Å². The number of aliphatic imine (C=N–C) groups is 1. The Bertz CT molecular complexity index is 253. The van der Waals surface area contributed by atoms with Crippen molar-refractivity contribution in [2.45, 2.75) is 26.3 Å². The molecule has 15 heavy (non-hydrogen) atoms. The van der Waals surface area contributed by atoms with Crippen LogP contribution in [-0.2, 0) is 4.79 Å². The Balaban J connectivity index is 2.32. The molecular weight excluding hydrogens is 210 g/mol. The number of nitrogens with zero attached hydrogens (tertiary/aromatic N) is 1. The fraction of sp³-hybridized carbons (Fsp3) is 0.800. The topological polar surface area (TPSA) is 53.5 Å². The second-order valence-corrected chi connectivity index (χ2v) is 5.09. The second-order valence-electron chi connectivity index (χ2n) is 4.08. The van der Waals surface area contributed by atoms with Crippen LogP contribution in [0.1, 0.15) is 20.3 Å². The minimum absolute atomic E-state index is 0.0443. The van der Waals surface area contributed by atoms with Crippen molar-refractivity contribution in [3.8, 4) is 0 Å². The quantitative estimate of drug-likeness (QED) is 0.751. The molecule has 0 spiro atoms. The van der Waals surface area contributed by atoms with Gasteiger partial charge in [-0.1, -0.05) is 25.6 Å². The Morgan fingerprint density at radius 2 is 2.47 bits per heavy atom. The molecule has 4 nitrogen and oxygen atoms in total. The summed E-state index contributed by atoms with van der Waals surface area (Å²) >= 11 is 1.70. The lowest BCUT2D eigenvalue weighted by Crippen LogP contribution is -2.29. The number of hydrogen-bond acceptors (Lipinski definition) is 3. The van der Waals surface area contributed by atoms with E-state index in [2.05, 4.69) is 29.5 Å². The number of carbonyl (C=O) groups is 1. The third kappa shape index (κ3) is 4.55. The highest BCUT2D eigenvalue weighted by molar-refractivity contribution is 8.14. The summed E-state index contributed by atoms with van der Waals surface area (Å²) in [7, 11) is 1.62. The lowest BCUT2D eigenvalue weighted by atomic mass is 10.1. The van der Waals surface area contributed by atoms with Gasteiger partial charge in [0.15, 0.2) is 5.17 Å². The Labute approximate surface area is 95.3 Å². The summed E-state index contributed by atoms with van der Waals surface area (Å²) in [5, 5.41) is 6.79. The summed E-state index contributed by atoms with van der Waals surface area (Å²) in [6.07, 6.45) is 1.16. The molecule has 0 bridgehead atoms. The van der Waals surface area contributed by atoms with Gasteiger partial charge in [0.25, 0.3) is 0 Å². The van der Waals surface area contributed by atoms with Crippen molar-refractivity contribution in [1.82, 2.24) is 10.6 Å². The molecule has 0 aromatic rings. The monoisotopic (exact) mass is 229 g/mol. The van der Waals surface area contributed by atoms with Gasteiger partial charge in [-0.25, -0.2) is 0 Å². The maximum absolute atomic E-state index is 11.0. The van der Waals surface area contributed by atoms with Crippen molar-refractivity contribution < 1.29 is 4.79 Å². The predicted molar refractivity (Wildman–Crippen MR) is 65.2 cm³/mol. The van der Waals surface area contributed by atoms with Gasteiger partial charge < -0.3 is 10.6 Å². The highest BCUT2D eigenvalue weighted by atomic mass is 32.2. The summed E-state index contributed by atoms with van der Waals surface area (Å²) in [4.78, 5) is 15.2. The average molecular weight is 229 g/mol. The van der Waals surface area contributed by atoms with Gasteiger partial charge in [0, 0.05) is 18.8 Å². The fourth-order valence-corrected chi connectivity index (χ4v) is 2.43. The molecule has 1 heterocycles. The molecule has 0 radical (unpaired) electrons. The molecule has 0 aromatic heterocycles. The van der Waals surface area contributed by atoms with Crippen LogP contribution < -0.4 is 10.6 Å². The van der Waals surface area contributed by atoms with E-state index in [1.165, 1.54) is 0 Å². The summed E-state index contributed by atoms with van der Waals surface area (Å²) in [5.74, 6) is 1.71. The van der Waals surface area contributed by atoms with Gasteiger partial charge >= 0.3 is 0 Å². The van der Waals surface area contributed by atoms with Gasteiger partial charge in [0.1, 0.15) is 6.54 Å². The van der Waals surface area contributed by atoms with E-state index in [0.29, 0.717) is 12.0 Å². The molecule has 0 saturated carbocycles. The maximum Gasteiger partial charge on any atom is 0.241 e. The van der Waals surface area contributed by atoms with Crippen LogP contribution in [0.2, 0.25) is 0 Å². The number of nitrogens with one attached hydrogen (secondary N) is 2. The molecule has 0 aliphatic carbocycles. The highest BCUT2D eigenvalue weighted by Gasteiger charge is 2.20. The summed E-state index contributed by atoms with van der Waals surface area (Å²) in [6.45, 7) is 4.65. The average Bonchev–Trinajstić information content (AvgIpc) is 2.61. The minimum Gasteiger partial charge on any atom is -0.361 e. The van der Waals surface area contributed by atoms with Crippen molar-refractivity contribution in [2.24, 2.45) is 10.9 Å². The van der Waals surface area contributed by atoms with E-state index >= 15 is 0 Å². The van der Waals surface area contributed by atoms with E-state index in [9.17, 15) is 4.79 Å². The number of carbonyl (C=O) groups excluding carboxylic acids is 1. The summed E-state index contributed by atoms with van der Waals surface area (Å²) in [6, 6.07) is 0.512. The van der Waals surface area contributed by atoms with Crippen LogP contribution in [0.25, 0.3) is 0 Å². The fourth-order valence-electron chi connectivity index (χ4n) is 1.45. The van der Waals surface area contributed by atoms with Crippen molar-refractivity contribution in [3.05, 3.63) is 0 Å². The Morgan fingerprint density at radius 3 is 3.07 bits per heavy atom. The van der Waals surface area contributed by atoms with Gasteiger partial charge in [0.05, 0.1) is 0 Å². The molecule has 86 valence electrons. The third-order valence-electron chi connectivity index (χ3n) is 2.15. The molecule has 1 aliphatic heterocycles. The smallest absolute Gasteiger partial charge is 0.241 e. The zero-order chi connectivity index (χ0) is 11.3. The molecule has 1 saturated heterocycles. The van der Waals surface area contributed by atoms with Crippen molar-refractivity contribution in [3.63, 3.8) is 0 Å². The molecule has 1 rings (SSSR count). The molecular formula is C10H19N3OS. The van der Waals surface area contributed by atoms with E-state index in [4.69, 9.17) is 0 Å². The molecule has 1 aliphatic rings. The Hall–Kier alpha value is -0.710. The van der Waals surface area contributed by atoms with Gasteiger partial charge in [-0.15, -0.1) is 0 Å². The maximum atomic E-state index is 11.0.